The number of likely N-dealkylation sites (tertiary alicyclic amines) is 1. The molecule has 0 aromatic carbocycles. The summed E-state index contributed by atoms with van der Waals surface area (Å²) in [5.41, 5.74) is -0.0587. The van der Waals surface area contributed by atoms with E-state index in [4.69, 9.17) is 0 Å². The van der Waals surface area contributed by atoms with Crippen molar-refractivity contribution in [3.8, 4) is 0 Å². The summed E-state index contributed by atoms with van der Waals surface area (Å²) in [5.74, 6) is 0.439. The second-order valence-electron chi connectivity index (χ2n) is 5.73. The molecule has 0 aromatic rings. The van der Waals surface area contributed by atoms with E-state index in [0.29, 0.717) is 11.9 Å². The zero-order chi connectivity index (χ0) is 12.3. The Kier molecular flexibility index (Phi) is 4.08. The lowest BCUT2D eigenvalue weighted by Crippen LogP contribution is -2.53. The number of hydrogen-bond donors (Lipinski definition) is 1. The van der Waals surface area contributed by atoms with Crippen LogP contribution in [0.4, 0.5) is 0 Å². The van der Waals surface area contributed by atoms with E-state index in [9.17, 15) is 4.79 Å². The van der Waals surface area contributed by atoms with Gasteiger partial charge in [0.15, 0.2) is 0 Å². The zero-order valence-corrected chi connectivity index (χ0v) is 11.3. The van der Waals surface area contributed by atoms with E-state index in [1.54, 1.807) is 0 Å². The van der Waals surface area contributed by atoms with Gasteiger partial charge in [-0.15, -0.1) is 0 Å². The van der Waals surface area contributed by atoms with Crippen LogP contribution in [0.25, 0.3) is 0 Å². The highest BCUT2D eigenvalue weighted by atomic mass is 16.2. The summed E-state index contributed by atoms with van der Waals surface area (Å²) >= 11 is 0. The lowest BCUT2D eigenvalue weighted by Gasteiger charge is -2.43. The standard InChI is InChI=1S/C14H26N2O/c1-3-14(7-9-15-10-8-14)13(17)16-11-5-4-6-12(16)2/h12,15H,3-11H2,1-2H3. The van der Waals surface area contributed by atoms with Gasteiger partial charge in [-0.2, -0.15) is 0 Å². The van der Waals surface area contributed by atoms with Crippen LogP contribution in [0.1, 0.15) is 52.4 Å². The third kappa shape index (κ3) is 2.49. The fourth-order valence-electron chi connectivity index (χ4n) is 3.33. The highest BCUT2D eigenvalue weighted by Gasteiger charge is 2.41. The van der Waals surface area contributed by atoms with Crippen LogP contribution in [-0.2, 0) is 4.79 Å². The van der Waals surface area contributed by atoms with Gasteiger partial charge in [0.2, 0.25) is 5.91 Å². The Bertz CT molecular complexity index is 271. The molecule has 17 heavy (non-hydrogen) atoms. The van der Waals surface area contributed by atoms with Crippen molar-refractivity contribution >= 4 is 5.91 Å². The number of carbonyl (C=O) groups is 1. The summed E-state index contributed by atoms with van der Waals surface area (Å²) in [6.07, 6.45) is 6.69. The minimum Gasteiger partial charge on any atom is -0.340 e. The van der Waals surface area contributed by atoms with Crippen molar-refractivity contribution in [3.63, 3.8) is 0 Å². The molecule has 3 nitrogen and oxygen atoms in total. The molecule has 3 heteroatoms. The predicted octanol–water partition coefficient (Wildman–Crippen LogP) is 2.17. The van der Waals surface area contributed by atoms with Gasteiger partial charge in [-0.3, -0.25) is 4.79 Å². The predicted molar refractivity (Wildman–Crippen MR) is 69.9 cm³/mol. The molecule has 1 amide bonds. The number of rotatable bonds is 2. The van der Waals surface area contributed by atoms with Crippen molar-refractivity contribution in [1.29, 1.82) is 0 Å². The third-order valence-corrected chi connectivity index (χ3v) is 4.75. The normalized spacial score (nSPS) is 29.1. The average molecular weight is 238 g/mol. The number of piperidine rings is 2. The molecule has 1 N–H and O–H groups in total. The molecule has 0 spiro atoms. The van der Waals surface area contributed by atoms with Gasteiger partial charge in [0.05, 0.1) is 5.41 Å². The summed E-state index contributed by atoms with van der Waals surface area (Å²) in [5, 5.41) is 3.37. The SMILES string of the molecule is CCC1(C(=O)N2CCCCC2C)CCNCC1. The number of nitrogens with zero attached hydrogens (tertiary/aromatic N) is 1. The molecular formula is C14H26N2O. The zero-order valence-electron chi connectivity index (χ0n) is 11.3. The molecule has 0 saturated carbocycles. The smallest absolute Gasteiger partial charge is 0.229 e. The molecule has 0 aromatic heterocycles. The Morgan fingerprint density at radius 2 is 2.06 bits per heavy atom. The molecule has 98 valence electrons. The highest BCUT2D eigenvalue weighted by molar-refractivity contribution is 5.83. The molecule has 0 radical (unpaired) electrons. The first-order valence-corrected chi connectivity index (χ1v) is 7.21. The van der Waals surface area contributed by atoms with E-state index < -0.39 is 0 Å². The van der Waals surface area contributed by atoms with Gasteiger partial charge in [0.1, 0.15) is 0 Å². The summed E-state index contributed by atoms with van der Waals surface area (Å²) in [7, 11) is 0. The monoisotopic (exact) mass is 238 g/mol. The maximum absolute atomic E-state index is 12.8. The Hall–Kier alpha value is -0.570. The van der Waals surface area contributed by atoms with Crippen molar-refractivity contribution in [2.75, 3.05) is 19.6 Å². The maximum atomic E-state index is 12.8. The van der Waals surface area contributed by atoms with Gasteiger partial charge in [-0.05, 0) is 58.5 Å². The molecule has 2 aliphatic rings. The Morgan fingerprint density at radius 3 is 2.65 bits per heavy atom. The minimum absolute atomic E-state index is 0.0587. The number of nitrogens with one attached hydrogen (secondary N) is 1. The first-order valence-electron chi connectivity index (χ1n) is 7.21. The molecule has 0 bridgehead atoms. The van der Waals surface area contributed by atoms with Crippen LogP contribution in [0, 0.1) is 5.41 Å². The largest absolute Gasteiger partial charge is 0.340 e. The van der Waals surface area contributed by atoms with E-state index in [2.05, 4.69) is 24.1 Å². The van der Waals surface area contributed by atoms with Crippen LogP contribution in [0.15, 0.2) is 0 Å². The second-order valence-corrected chi connectivity index (χ2v) is 5.73. The van der Waals surface area contributed by atoms with Crippen molar-refractivity contribution in [2.45, 2.75) is 58.4 Å². The average Bonchev–Trinajstić information content (AvgIpc) is 2.39. The molecular weight excluding hydrogens is 212 g/mol. The van der Waals surface area contributed by atoms with E-state index in [-0.39, 0.29) is 5.41 Å². The molecule has 2 fully saturated rings. The quantitative estimate of drug-likeness (QED) is 0.799. The number of hydrogen-bond acceptors (Lipinski definition) is 2. The van der Waals surface area contributed by atoms with Crippen molar-refractivity contribution in [1.82, 2.24) is 10.2 Å². The molecule has 2 saturated heterocycles. The van der Waals surface area contributed by atoms with Gasteiger partial charge in [-0.25, -0.2) is 0 Å². The van der Waals surface area contributed by atoms with Crippen molar-refractivity contribution in [2.24, 2.45) is 5.41 Å². The third-order valence-electron chi connectivity index (χ3n) is 4.75. The maximum Gasteiger partial charge on any atom is 0.229 e. The first-order chi connectivity index (χ1) is 8.19. The number of amides is 1. The molecule has 1 unspecified atom stereocenters. The van der Waals surface area contributed by atoms with Crippen LogP contribution in [0.2, 0.25) is 0 Å². The van der Waals surface area contributed by atoms with Crippen molar-refractivity contribution in [3.05, 3.63) is 0 Å². The van der Waals surface area contributed by atoms with Crippen LogP contribution in [0.3, 0.4) is 0 Å². The number of carbonyl (C=O) groups excluding carboxylic acids is 1. The van der Waals surface area contributed by atoms with Gasteiger partial charge in [-0.1, -0.05) is 6.92 Å². The molecule has 2 aliphatic heterocycles. The summed E-state index contributed by atoms with van der Waals surface area (Å²) < 4.78 is 0. The summed E-state index contributed by atoms with van der Waals surface area (Å²) in [6, 6.07) is 0.453. The lowest BCUT2D eigenvalue weighted by molar-refractivity contribution is -0.147. The van der Waals surface area contributed by atoms with E-state index in [1.807, 2.05) is 0 Å². The molecule has 2 rings (SSSR count). The second kappa shape index (κ2) is 5.38. The molecule has 0 aliphatic carbocycles. The Labute approximate surface area is 105 Å². The topological polar surface area (TPSA) is 32.3 Å². The van der Waals surface area contributed by atoms with Crippen molar-refractivity contribution < 1.29 is 4.79 Å². The minimum atomic E-state index is -0.0587. The Balaban J connectivity index is 2.10. The van der Waals surface area contributed by atoms with Gasteiger partial charge in [0, 0.05) is 12.6 Å². The highest BCUT2D eigenvalue weighted by Crippen LogP contribution is 2.36. The summed E-state index contributed by atoms with van der Waals surface area (Å²) in [6.45, 7) is 7.37. The van der Waals surface area contributed by atoms with Crippen LogP contribution in [0.5, 0.6) is 0 Å². The lowest BCUT2D eigenvalue weighted by atomic mass is 9.75. The van der Waals surface area contributed by atoms with Gasteiger partial charge in [0.25, 0.3) is 0 Å². The van der Waals surface area contributed by atoms with Crippen LogP contribution in [-0.4, -0.2) is 36.5 Å². The summed E-state index contributed by atoms with van der Waals surface area (Å²) in [4.78, 5) is 15.0. The fourth-order valence-corrected chi connectivity index (χ4v) is 3.33. The molecule has 2 heterocycles. The Morgan fingerprint density at radius 1 is 1.35 bits per heavy atom. The fraction of sp³-hybridized carbons (Fsp3) is 0.929. The van der Waals surface area contributed by atoms with Gasteiger partial charge < -0.3 is 10.2 Å². The molecule has 1 atom stereocenters. The van der Waals surface area contributed by atoms with E-state index in [1.165, 1.54) is 19.3 Å². The van der Waals surface area contributed by atoms with Crippen LogP contribution >= 0.6 is 0 Å². The van der Waals surface area contributed by atoms with Gasteiger partial charge >= 0.3 is 0 Å². The van der Waals surface area contributed by atoms with Crippen LogP contribution < -0.4 is 5.32 Å². The van der Waals surface area contributed by atoms with E-state index >= 15 is 0 Å². The van der Waals surface area contributed by atoms with E-state index in [0.717, 1.165) is 38.9 Å². The first kappa shape index (κ1) is 12.9.